The molecule has 0 spiro atoms. The van der Waals surface area contributed by atoms with Crippen LogP contribution in [0.4, 0.5) is 5.69 Å². The third-order valence-corrected chi connectivity index (χ3v) is 5.19. The fourth-order valence-electron chi connectivity index (χ4n) is 3.63. The molecule has 8 heteroatoms. The third kappa shape index (κ3) is 5.08. The molecule has 1 fully saturated rings. The van der Waals surface area contributed by atoms with Crippen LogP contribution in [0.3, 0.4) is 0 Å². The van der Waals surface area contributed by atoms with Gasteiger partial charge < -0.3 is 19.8 Å². The summed E-state index contributed by atoms with van der Waals surface area (Å²) in [5.41, 5.74) is 0.613. The van der Waals surface area contributed by atoms with Gasteiger partial charge in [-0.3, -0.25) is 14.3 Å². The Morgan fingerprint density at radius 2 is 1.90 bits per heavy atom. The Bertz CT molecular complexity index is 944. The molecule has 156 valence electrons. The van der Waals surface area contributed by atoms with Crippen LogP contribution in [0.25, 0.3) is 0 Å². The molecule has 1 saturated carbocycles. The van der Waals surface area contributed by atoms with E-state index in [-0.39, 0.29) is 30.2 Å². The monoisotopic (exact) mass is 408 g/mol. The zero-order valence-corrected chi connectivity index (χ0v) is 16.5. The minimum absolute atomic E-state index is 0.0445. The van der Waals surface area contributed by atoms with Crippen molar-refractivity contribution in [2.45, 2.75) is 37.8 Å². The van der Waals surface area contributed by atoms with Crippen molar-refractivity contribution in [1.29, 1.82) is 0 Å². The van der Waals surface area contributed by atoms with Crippen molar-refractivity contribution >= 4 is 17.5 Å². The van der Waals surface area contributed by atoms with E-state index in [4.69, 9.17) is 9.15 Å². The first-order valence-corrected chi connectivity index (χ1v) is 10.0. The van der Waals surface area contributed by atoms with Gasteiger partial charge in [0.2, 0.25) is 0 Å². The van der Waals surface area contributed by atoms with Crippen LogP contribution in [0.1, 0.15) is 42.3 Å². The van der Waals surface area contributed by atoms with Crippen LogP contribution in [-0.4, -0.2) is 34.2 Å². The van der Waals surface area contributed by atoms with Crippen LogP contribution < -0.4 is 15.4 Å². The van der Waals surface area contributed by atoms with Gasteiger partial charge >= 0.3 is 0 Å². The van der Waals surface area contributed by atoms with E-state index in [1.54, 1.807) is 42.6 Å². The summed E-state index contributed by atoms with van der Waals surface area (Å²) in [4.78, 5) is 24.2. The Balaban J connectivity index is 1.18. The lowest BCUT2D eigenvalue weighted by Crippen LogP contribution is -2.40. The van der Waals surface area contributed by atoms with E-state index in [9.17, 15) is 9.59 Å². The number of furan rings is 1. The Morgan fingerprint density at radius 1 is 1.10 bits per heavy atom. The Labute approximate surface area is 174 Å². The van der Waals surface area contributed by atoms with E-state index in [1.165, 1.54) is 6.26 Å². The van der Waals surface area contributed by atoms with Crippen molar-refractivity contribution < 1.29 is 18.7 Å². The number of benzene rings is 1. The molecule has 2 aromatic heterocycles. The summed E-state index contributed by atoms with van der Waals surface area (Å²) in [6.07, 6.45) is 9.09. The van der Waals surface area contributed by atoms with Gasteiger partial charge in [-0.05, 0) is 68.1 Å². The first-order chi connectivity index (χ1) is 14.7. The molecule has 3 aromatic rings. The van der Waals surface area contributed by atoms with E-state index >= 15 is 0 Å². The zero-order chi connectivity index (χ0) is 20.8. The van der Waals surface area contributed by atoms with Crippen LogP contribution in [0.15, 0.2) is 65.5 Å². The third-order valence-electron chi connectivity index (χ3n) is 5.19. The van der Waals surface area contributed by atoms with Crippen LogP contribution in [0.5, 0.6) is 5.75 Å². The maximum Gasteiger partial charge on any atom is 0.291 e. The molecule has 0 bridgehead atoms. The first-order valence-electron chi connectivity index (χ1n) is 10.0. The standard InChI is InChI=1S/C22H24N4O4/c27-21(24-16-4-8-18(9-5-16)26-13-2-12-23-26)15-30-19-10-6-17(7-11-19)25-22(28)20-3-1-14-29-20/h1-3,6-7,10-14,16,18H,4-5,8-9,15H2,(H,24,27)(H,25,28). The number of rotatable bonds is 7. The second-order valence-corrected chi connectivity index (χ2v) is 7.30. The number of anilines is 1. The molecule has 2 amide bonds. The van der Waals surface area contributed by atoms with Gasteiger partial charge in [-0.15, -0.1) is 0 Å². The predicted octanol–water partition coefficient (Wildman–Crippen LogP) is 3.41. The summed E-state index contributed by atoms with van der Waals surface area (Å²) in [6, 6.07) is 12.6. The van der Waals surface area contributed by atoms with Gasteiger partial charge in [0.15, 0.2) is 12.4 Å². The SMILES string of the molecule is O=C(COc1ccc(NC(=O)c2ccco2)cc1)NC1CCC(n2cccn2)CC1. The summed E-state index contributed by atoms with van der Waals surface area (Å²) in [5, 5.41) is 10.1. The fraction of sp³-hybridized carbons (Fsp3) is 0.318. The van der Waals surface area contributed by atoms with Gasteiger partial charge in [-0.2, -0.15) is 5.10 Å². The van der Waals surface area contributed by atoms with Crippen LogP contribution in [-0.2, 0) is 4.79 Å². The number of nitrogens with one attached hydrogen (secondary N) is 2. The van der Waals surface area contributed by atoms with Gasteiger partial charge in [0.05, 0.1) is 12.3 Å². The van der Waals surface area contributed by atoms with E-state index < -0.39 is 0 Å². The summed E-state index contributed by atoms with van der Waals surface area (Å²) >= 11 is 0. The lowest BCUT2D eigenvalue weighted by molar-refractivity contribution is -0.124. The number of carbonyl (C=O) groups is 2. The van der Waals surface area contributed by atoms with Gasteiger partial charge in [-0.1, -0.05) is 0 Å². The highest BCUT2D eigenvalue weighted by molar-refractivity contribution is 6.02. The molecule has 2 heterocycles. The molecular formula is C22H24N4O4. The molecule has 2 N–H and O–H groups in total. The molecule has 0 aliphatic heterocycles. The molecule has 1 aliphatic rings. The molecule has 0 saturated heterocycles. The van der Waals surface area contributed by atoms with Gasteiger partial charge in [0.1, 0.15) is 5.75 Å². The quantitative estimate of drug-likeness (QED) is 0.624. The smallest absolute Gasteiger partial charge is 0.291 e. The maximum absolute atomic E-state index is 12.2. The molecule has 0 atom stereocenters. The van der Waals surface area contributed by atoms with E-state index in [2.05, 4.69) is 15.7 Å². The van der Waals surface area contributed by atoms with Gasteiger partial charge in [-0.25, -0.2) is 0 Å². The molecule has 8 nitrogen and oxygen atoms in total. The Morgan fingerprint density at radius 3 is 2.57 bits per heavy atom. The zero-order valence-electron chi connectivity index (χ0n) is 16.5. The lowest BCUT2D eigenvalue weighted by Gasteiger charge is -2.29. The Hall–Kier alpha value is -3.55. The molecule has 4 rings (SSSR count). The van der Waals surface area contributed by atoms with E-state index in [0.717, 1.165) is 25.7 Å². The number of amides is 2. The average Bonchev–Trinajstić information content (AvgIpc) is 3.48. The van der Waals surface area contributed by atoms with Gasteiger partial charge in [0, 0.05) is 24.1 Å². The number of nitrogens with zero attached hydrogens (tertiary/aromatic N) is 2. The van der Waals surface area contributed by atoms with Crippen molar-refractivity contribution in [2.75, 3.05) is 11.9 Å². The maximum atomic E-state index is 12.2. The van der Waals surface area contributed by atoms with Crippen molar-refractivity contribution in [2.24, 2.45) is 0 Å². The van der Waals surface area contributed by atoms with Crippen molar-refractivity contribution in [3.63, 3.8) is 0 Å². The molecular weight excluding hydrogens is 384 g/mol. The minimum Gasteiger partial charge on any atom is -0.484 e. The normalized spacial score (nSPS) is 18.5. The minimum atomic E-state index is -0.324. The number of hydrogen-bond donors (Lipinski definition) is 2. The predicted molar refractivity (Wildman–Crippen MR) is 110 cm³/mol. The number of aromatic nitrogens is 2. The van der Waals surface area contributed by atoms with Crippen molar-refractivity contribution in [3.05, 3.63) is 66.9 Å². The highest BCUT2D eigenvalue weighted by Gasteiger charge is 2.23. The average molecular weight is 408 g/mol. The second kappa shape index (κ2) is 9.30. The summed E-state index contributed by atoms with van der Waals surface area (Å²) in [6.45, 7) is -0.0445. The second-order valence-electron chi connectivity index (χ2n) is 7.30. The summed E-state index contributed by atoms with van der Waals surface area (Å²) in [7, 11) is 0. The van der Waals surface area contributed by atoms with Crippen molar-refractivity contribution in [3.8, 4) is 5.75 Å². The van der Waals surface area contributed by atoms with Crippen LogP contribution in [0.2, 0.25) is 0 Å². The molecule has 30 heavy (non-hydrogen) atoms. The van der Waals surface area contributed by atoms with Crippen molar-refractivity contribution in [1.82, 2.24) is 15.1 Å². The van der Waals surface area contributed by atoms with E-state index in [1.807, 2.05) is 16.9 Å². The highest BCUT2D eigenvalue weighted by Crippen LogP contribution is 2.27. The topological polar surface area (TPSA) is 98.4 Å². The first kappa shape index (κ1) is 19.8. The highest BCUT2D eigenvalue weighted by atomic mass is 16.5. The van der Waals surface area contributed by atoms with E-state index in [0.29, 0.717) is 17.5 Å². The summed E-state index contributed by atoms with van der Waals surface area (Å²) in [5.74, 6) is 0.345. The van der Waals surface area contributed by atoms with Crippen LogP contribution in [0, 0.1) is 0 Å². The molecule has 0 unspecified atom stereocenters. The number of hydrogen-bond acceptors (Lipinski definition) is 5. The number of carbonyl (C=O) groups excluding carboxylic acids is 2. The lowest BCUT2D eigenvalue weighted by atomic mass is 9.91. The fourth-order valence-corrected chi connectivity index (χ4v) is 3.63. The largest absolute Gasteiger partial charge is 0.484 e. The molecule has 0 radical (unpaired) electrons. The number of ether oxygens (including phenoxy) is 1. The van der Waals surface area contributed by atoms with Gasteiger partial charge in [0.25, 0.3) is 11.8 Å². The Kier molecular flexibility index (Phi) is 6.12. The van der Waals surface area contributed by atoms with Crippen LogP contribution >= 0.6 is 0 Å². The molecule has 1 aromatic carbocycles. The molecule has 1 aliphatic carbocycles. The summed E-state index contributed by atoms with van der Waals surface area (Å²) < 4.78 is 12.6.